The van der Waals surface area contributed by atoms with Crippen molar-refractivity contribution in [2.24, 2.45) is 4.99 Å². The number of rotatable bonds is 7. The SMILES string of the molecule is CCNC(=NCc1ncc(C)s1)NCC(c1ccc(C)cc1)N1CCOCC1.I. The zero-order valence-electron chi connectivity index (χ0n) is 17.5. The van der Waals surface area contributed by atoms with Gasteiger partial charge in [-0.15, -0.1) is 35.3 Å². The number of aryl methyl sites for hydroxylation is 2. The molecule has 1 saturated heterocycles. The number of ether oxygens (including phenoxy) is 1. The number of aliphatic imine (C=N–C) groups is 1. The lowest BCUT2D eigenvalue weighted by molar-refractivity contribution is 0.0170. The van der Waals surface area contributed by atoms with Crippen molar-refractivity contribution in [3.63, 3.8) is 0 Å². The first-order chi connectivity index (χ1) is 13.7. The second-order valence-corrected chi connectivity index (χ2v) is 8.33. The molecule has 0 saturated carbocycles. The summed E-state index contributed by atoms with van der Waals surface area (Å²) in [5.74, 6) is 0.834. The highest BCUT2D eigenvalue weighted by atomic mass is 127. The van der Waals surface area contributed by atoms with Crippen molar-refractivity contribution in [1.82, 2.24) is 20.5 Å². The molecule has 2 aromatic rings. The second kappa shape index (κ2) is 12.5. The van der Waals surface area contributed by atoms with Gasteiger partial charge in [-0.1, -0.05) is 29.8 Å². The summed E-state index contributed by atoms with van der Waals surface area (Å²) in [5, 5.41) is 7.93. The molecule has 8 heteroatoms. The summed E-state index contributed by atoms with van der Waals surface area (Å²) in [5.41, 5.74) is 2.61. The van der Waals surface area contributed by atoms with Crippen LogP contribution in [0.2, 0.25) is 0 Å². The molecular formula is C21H32IN5OS. The Hall–Kier alpha value is -1.23. The Kier molecular flexibility index (Phi) is 10.3. The van der Waals surface area contributed by atoms with Gasteiger partial charge in [0.05, 0.1) is 25.8 Å². The molecule has 1 aromatic carbocycles. The van der Waals surface area contributed by atoms with Crippen LogP contribution in [0.4, 0.5) is 0 Å². The molecule has 3 rings (SSSR count). The molecule has 1 atom stereocenters. The third-order valence-corrected chi connectivity index (χ3v) is 5.69. The molecule has 2 heterocycles. The quantitative estimate of drug-likeness (QED) is 0.327. The normalized spacial score (nSPS) is 16.2. The van der Waals surface area contributed by atoms with E-state index in [-0.39, 0.29) is 30.0 Å². The average molecular weight is 529 g/mol. The van der Waals surface area contributed by atoms with Crippen molar-refractivity contribution < 1.29 is 4.74 Å². The lowest BCUT2D eigenvalue weighted by atomic mass is 10.0. The molecule has 160 valence electrons. The number of aromatic nitrogens is 1. The molecule has 1 aliphatic rings. The largest absolute Gasteiger partial charge is 0.379 e. The van der Waals surface area contributed by atoms with Gasteiger partial charge in [-0.05, 0) is 26.3 Å². The lowest BCUT2D eigenvalue weighted by Gasteiger charge is -2.35. The van der Waals surface area contributed by atoms with Crippen LogP contribution in [0.3, 0.4) is 0 Å². The predicted molar refractivity (Wildman–Crippen MR) is 131 cm³/mol. The molecule has 1 unspecified atom stereocenters. The summed E-state index contributed by atoms with van der Waals surface area (Å²) < 4.78 is 5.55. The van der Waals surface area contributed by atoms with E-state index < -0.39 is 0 Å². The van der Waals surface area contributed by atoms with E-state index in [9.17, 15) is 0 Å². The topological polar surface area (TPSA) is 61.8 Å². The summed E-state index contributed by atoms with van der Waals surface area (Å²) >= 11 is 1.70. The summed E-state index contributed by atoms with van der Waals surface area (Å²) in [7, 11) is 0. The number of halogens is 1. The van der Waals surface area contributed by atoms with E-state index >= 15 is 0 Å². The van der Waals surface area contributed by atoms with Gasteiger partial charge in [-0.25, -0.2) is 9.98 Å². The molecule has 6 nitrogen and oxygen atoms in total. The fraction of sp³-hybridized carbons (Fsp3) is 0.524. The number of hydrogen-bond donors (Lipinski definition) is 2. The van der Waals surface area contributed by atoms with Crippen molar-refractivity contribution in [3.05, 3.63) is 51.5 Å². The molecular weight excluding hydrogens is 497 g/mol. The molecule has 1 aromatic heterocycles. The van der Waals surface area contributed by atoms with E-state index in [1.165, 1.54) is 16.0 Å². The van der Waals surface area contributed by atoms with Crippen LogP contribution in [0.25, 0.3) is 0 Å². The van der Waals surface area contributed by atoms with Crippen molar-refractivity contribution >= 4 is 41.3 Å². The number of morpholine rings is 1. The Bertz CT molecular complexity index is 759. The molecule has 0 radical (unpaired) electrons. The maximum Gasteiger partial charge on any atom is 0.191 e. The van der Waals surface area contributed by atoms with Gasteiger partial charge in [-0.3, -0.25) is 4.90 Å². The van der Waals surface area contributed by atoms with Crippen LogP contribution in [0, 0.1) is 13.8 Å². The van der Waals surface area contributed by atoms with E-state index in [0.717, 1.165) is 50.4 Å². The van der Waals surface area contributed by atoms with Crippen LogP contribution >= 0.6 is 35.3 Å². The first-order valence-electron chi connectivity index (χ1n) is 9.97. The fourth-order valence-electron chi connectivity index (χ4n) is 3.29. The van der Waals surface area contributed by atoms with Crippen LogP contribution in [-0.4, -0.2) is 55.2 Å². The summed E-state index contributed by atoms with van der Waals surface area (Å²) in [6.07, 6.45) is 1.90. The smallest absolute Gasteiger partial charge is 0.191 e. The summed E-state index contributed by atoms with van der Waals surface area (Å²) in [6.45, 7) is 12.0. The highest BCUT2D eigenvalue weighted by Gasteiger charge is 2.22. The van der Waals surface area contributed by atoms with Gasteiger partial charge in [0.25, 0.3) is 0 Å². The number of thiazole rings is 1. The zero-order valence-corrected chi connectivity index (χ0v) is 20.6. The van der Waals surface area contributed by atoms with Crippen LogP contribution in [0.1, 0.15) is 34.0 Å². The first kappa shape index (κ1) is 24.0. The zero-order chi connectivity index (χ0) is 19.8. The maximum absolute atomic E-state index is 5.55. The van der Waals surface area contributed by atoms with Crippen LogP contribution in [-0.2, 0) is 11.3 Å². The molecule has 0 aliphatic carbocycles. The number of nitrogens with one attached hydrogen (secondary N) is 2. The minimum absolute atomic E-state index is 0. The minimum Gasteiger partial charge on any atom is -0.379 e. The Morgan fingerprint density at radius 2 is 1.93 bits per heavy atom. The maximum atomic E-state index is 5.55. The van der Waals surface area contributed by atoms with E-state index in [0.29, 0.717) is 6.54 Å². The Labute approximate surface area is 195 Å². The lowest BCUT2D eigenvalue weighted by Crippen LogP contribution is -2.46. The third-order valence-electron chi connectivity index (χ3n) is 4.80. The Morgan fingerprint density at radius 1 is 1.21 bits per heavy atom. The summed E-state index contributed by atoms with van der Waals surface area (Å²) in [6, 6.07) is 9.13. The second-order valence-electron chi connectivity index (χ2n) is 7.02. The molecule has 1 aliphatic heterocycles. The van der Waals surface area contributed by atoms with E-state index in [2.05, 4.69) is 65.6 Å². The fourth-order valence-corrected chi connectivity index (χ4v) is 4.00. The molecule has 0 bridgehead atoms. The van der Waals surface area contributed by atoms with E-state index in [1.807, 2.05) is 6.20 Å². The minimum atomic E-state index is 0. The van der Waals surface area contributed by atoms with Crippen LogP contribution < -0.4 is 10.6 Å². The molecule has 2 N–H and O–H groups in total. The number of hydrogen-bond acceptors (Lipinski definition) is 5. The van der Waals surface area contributed by atoms with Gasteiger partial charge in [0.2, 0.25) is 0 Å². The van der Waals surface area contributed by atoms with Crippen molar-refractivity contribution in [2.75, 3.05) is 39.4 Å². The van der Waals surface area contributed by atoms with Crippen molar-refractivity contribution in [2.45, 2.75) is 33.4 Å². The molecule has 0 spiro atoms. The van der Waals surface area contributed by atoms with Crippen molar-refractivity contribution in [3.8, 4) is 0 Å². The van der Waals surface area contributed by atoms with E-state index in [4.69, 9.17) is 9.73 Å². The van der Waals surface area contributed by atoms with Crippen molar-refractivity contribution in [1.29, 1.82) is 0 Å². The Morgan fingerprint density at radius 3 is 2.55 bits per heavy atom. The first-order valence-corrected chi connectivity index (χ1v) is 10.8. The number of benzene rings is 1. The van der Waals surface area contributed by atoms with Gasteiger partial charge < -0.3 is 15.4 Å². The van der Waals surface area contributed by atoms with Gasteiger partial charge in [0.1, 0.15) is 5.01 Å². The molecule has 1 fully saturated rings. The van der Waals surface area contributed by atoms with Crippen LogP contribution in [0.15, 0.2) is 35.5 Å². The van der Waals surface area contributed by atoms with Gasteiger partial charge in [0, 0.05) is 37.3 Å². The number of guanidine groups is 1. The standard InChI is InChI=1S/C21H31N5OS.HI/c1-4-22-21(25-15-20-23-13-17(3)28-20)24-14-19(26-9-11-27-12-10-26)18-7-5-16(2)6-8-18;/h5-8,13,19H,4,9-12,14-15H2,1-3H3,(H2,22,24,25);1H. The van der Waals surface area contributed by atoms with Crippen LogP contribution in [0.5, 0.6) is 0 Å². The highest BCUT2D eigenvalue weighted by molar-refractivity contribution is 14.0. The van der Waals surface area contributed by atoms with Gasteiger partial charge in [-0.2, -0.15) is 0 Å². The monoisotopic (exact) mass is 529 g/mol. The molecule has 0 amide bonds. The van der Waals surface area contributed by atoms with Gasteiger partial charge >= 0.3 is 0 Å². The molecule has 29 heavy (non-hydrogen) atoms. The average Bonchev–Trinajstić information content (AvgIpc) is 3.13. The van der Waals surface area contributed by atoms with Gasteiger partial charge in [0.15, 0.2) is 5.96 Å². The highest BCUT2D eigenvalue weighted by Crippen LogP contribution is 2.22. The third kappa shape index (κ3) is 7.51. The Balaban J connectivity index is 0.00000300. The van der Waals surface area contributed by atoms with E-state index in [1.54, 1.807) is 11.3 Å². The number of nitrogens with zero attached hydrogens (tertiary/aromatic N) is 3. The summed E-state index contributed by atoms with van der Waals surface area (Å²) in [4.78, 5) is 12.8. The predicted octanol–water partition coefficient (Wildman–Crippen LogP) is 3.51.